The minimum atomic E-state index is -0.942. The van der Waals surface area contributed by atoms with Crippen molar-refractivity contribution in [2.24, 2.45) is 5.92 Å². The second-order valence-corrected chi connectivity index (χ2v) is 8.05. The third-order valence-corrected chi connectivity index (χ3v) is 5.99. The van der Waals surface area contributed by atoms with Crippen molar-refractivity contribution in [1.29, 1.82) is 0 Å². The highest BCUT2D eigenvalue weighted by molar-refractivity contribution is 6.08. The van der Waals surface area contributed by atoms with Crippen molar-refractivity contribution in [3.05, 3.63) is 45.1 Å². The maximum atomic E-state index is 12.8. The van der Waals surface area contributed by atoms with Crippen LogP contribution in [-0.2, 0) is 16.1 Å². The van der Waals surface area contributed by atoms with Gasteiger partial charge in [-0.15, -0.1) is 0 Å². The van der Waals surface area contributed by atoms with Crippen molar-refractivity contribution in [1.82, 2.24) is 25.3 Å². The highest BCUT2D eigenvalue weighted by Gasteiger charge is 2.52. The molecular weight excluding hydrogens is 390 g/mol. The topological polar surface area (TPSA) is 133 Å². The van der Waals surface area contributed by atoms with Crippen LogP contribution in [-0.4, -0.2) is 37.9 Å². The molecule has 4 rings (SSSR count). The summed E-state index contributed by atoms with van der Waals surface area (Å²) in [7, 11) is 0. The van der Waals surface area contributed by atoms with E-state index in [0.29, 0.717) is 29.7 Å². The summed E-state index contributed by atoms with van der Waals surface area (Å²) < 4.78 is 1.28. The monoisotopic (exact) mass is 413 g/mol. The number of amides is 4. The number of benzene rings is 1. The minimum absolute atomic E-state index is 0.0196. The number of hydrazine groups is 1. The smallest absolute Gasteiger partial charge is 0.322 e. The number of hydrogen-bond donors (Lipinski definition) is 3. The van der Waals surface area contributed by atoms with Gasteiger partial charge in [0.25, 0.3) is 11.5 Å². The molecule has 1 aliphatic heterocycles. The van der Waals surface area contributed by atoms with Gasteiger partial charge in [0.15, 0.2) is 0 Å². The molecule has 1 aromatic carbocycles. The number of nitrogens with zero attached hydrogens (tertiary/aromatic N) is 2. The lowest BCUT2D eigenvalue weighted by Gasteiger charge is -2.33. The molecule has 0 radical (unpaired) electrons. The molecule has 1 aromatic heterocycles. The Hall–Kier alpha value is -3.43. The van der Waals surface area contributed by atoms with Crippen molar-refractivity contribution in [2.45, 2.75) is 51.1 Å². The highest BCUT2D eigenvalue weighted by atomic mass is 16.2. The number of carbonyl (C=O) groups is 3. The molecule has 4 amide bonds. The first-order valence-electron chi connectivity index (χ1n) is 9.99. The SMILES string of the molecule is CC1CCC2(CC1)NC(=O)N(NC(=O)CCn1c(=O)[nH]c(=O)c3ccccc31)C2=O. The fourth-order valence-electron chi connectivity index (χ4n) is 4.17. The summed E-state index contributed by atoms with van der Waals surface area (Å²) in [5, 5.41) is 3.81. The third-order valence-electron chi connectivity index (χ3n) is 5.99. The molecular formula is C20H23N5O5. The van der Waals surface area contributed by atoms with Crippen LogP contribution in [0.2, 0.25) is 0 Å². The van der Waals surface area contributed by atoms with Gasteiger partial charge >= 0.3 is 11.7 Å². The Morgan fingerprint density at radius 2 is 1.87 bits per heavy atom. The number of H-pyrrole nitrogens is 1. The number of aryl methyl sites for hydroxylation is 1. The number of aromatic amines is 1. The first-order chi connectivity index (χ1) is 14.3. The number of aromatic nitrogens is 2. The largest absolute Gasteiger partial charge is 0.344 e. The van der Waals surface area contributed by atoms with Crippen LogP contribution >= 0.6 is 0 Å². The summed E-state index contributed by atoms with van der Waals surface area (Å²) in [6.45, 7) is 2.09. The number of imide groups is 1. The maximum Gasteiger partial charge on any atom is 0.344 e. The summed E-state index contributed by atoms with van der Waals surface area (Å²) in [5.41, 5.74) is 0.696. The fraction of sp³-hybridized carbons (Fsp3) is 0.450. The normalized spacial score (nSPS) is 23.8. The van der Waals surface area contributed by atoms with E-state index in [1.807, 2.05) is 0 Å². The van der Waals surface area contributed by atoms with Crippen molar-refractivity contribution < 1.29 is 14.4 Å². The van der Waals surface area contributed by atoms with Crippen LogP contribution in [0.1, 0.15) is 39.0 Å². The van der Waals surface area contributed by atoms with E-state index in [2.05, 4.69) is 22.7 Å². The maximum absolute atomic E-state index is 12.8. The molecule has 10 heteroatoms. The molecule has 0 bridgehead atoms. The fourth-order valence-corrected chi connectivity index (χ4v) is 4.17. The van der Waals surface area contributed by atoms with Crippen LogP contribution in [0.15, 0.2) is 33.9 Å². The number of nitrogens with one attached hydrogen (secondary N) is 3. The molecule has 1 saturated heterocycles. The highest BCUT2D eigenvalue weighted by Crippen LogP contribution is 2.35. The summed E-state index contributed by atoms with van der Waals surface area (Å²) >= 11 is 0. The molecule has 2 aliphatic rings. The summed E-state index contributed by atoms with van der Waals surface area (Å²) in [4.78, 5) is 63.9. The molecule has 3 N–H and O–H groups in total. The summed E-state index contributed by atoms with van der Waals surface area (Å²) in [6.07, 6.45) is 2.59. The van der Waals surface area contributed by atoms with E-state index in [1.165, 1.54) is 4.57 Å². The second kappa shape index (κ2) is 7.43. The lowest BCUT2D eigenvalue weighted by molar-refractivity contribution is -0.140. The van der Waals surface area contributed by atoms with Gasteiger partial charge in [0.2, 0.25) is 5.91 Å². The number of rotatable bonds is 4. The molecule has 158 valence electrons. The molecule has 2 fully saturated rings. The quantitative estimate of drug-likeness (QED) is 0.632. The van der Waals surface area contributed by atoms with Gasteiger partial charge in [0.1, 0.15) is 5.54 Å². The number of fused-ring (bicyclic) bond motifs is 1. The predicted octanol–water partition coefficient (Wildman–Crippen LogP) is 0.612. The van der Waals surface area contributed by atoms with Crippen LogP contribution in [0, 0.1) is 5.92 Å². The van der Waals surface area contributed by atoms with Gasteiger partial charge < -0.3 is 5.32 Å². The van der Waals surface area contributed by atoms with Gasteiger partial charge in [-0.05, 0) is 43.7 Å². The molecule has 2 heterocycles. The van der Waals surface area contributed by atoms with Gasteiger partial charge in [-0.25, -0.2) is 9.59 Å². The van der Waals surface area contributed by atoms with E-state index in [0.717, 1.165) is 17.9 Å². The molecule has 0 unspecified atom stereocenters. The number of hydrogen-bond acceptors (Lipinski definition) is 5. The van der Waals surface area contributed by atoms with Crippen molar-refractivity contribution in [3.8, 4) is 0 Å². The van der Waals surface area contributed by atoms with E-state index >= 15 is 0 Å². The average molecular weight is 413 g/mol. The Morgan fingerprint density at radius 1 is 1.17 bits per heavy atom. The van der Waals surface area contributed by atoms with Gasteiger partial charge in [-0.1, -0.05) is 19.1 Å². The molecule has 2 aromatic rings. The second-order valence-electron chi connectivity index (χ2n) is 8.05. The minimum Gasteiger partial charge on any atom is -0.322 e. The summed E-state index contributed by atoms with van der Waals surface area (Å²) in [6, 6.07) is 5.93. The van der Waals surface area contributed by atoms with Crippen molar-refractivity contribution in [3.63, 3.8) is 0 Å². The zero-order valence-corrected chi connectivity index (χ0v) is 16.6. The number of carbonyl (C=O) groups excluding carboxylic acids is 3. The first-order valence-corrected chi connectivity index (χ1v) is 9.99. The zero-order valence-electron chi connectivity index (χ0n) is 16.6. The third kappa shape index (κ3) is 3.38. The van der Waals surface area contributed by atoms with Gasteiger partial charge in [-0.3, -0.25) is 29.4 Å². The van der Waals surface area contributed by atoms with E-state index < -0.39 is 34.6 Å². The van der Waals surface area contributed by atoms with Crippen LogP contribution < -0.4 is 22.0 Å². The molecule has 30 heavy (non-hydrogen) atoms. The van der Waals surface area contributed by atoms with E-state index in [1.54, 1.807) is 24.3 Å². The number of para-hydroxylation sites is 1. The van der Waals surface area contributed by atoms with Crippen molar-refractivity contribution in [2.75, 3.05) is 0 Å². The molecule has 1 aliphatic carbocycles. The molecule has 10 nitrogen and oxygen atoms in total. The number of urea groups is 1. The van der Waals surface area contributed by atoms with Crippen LogP contribution in [0.3, 0.4) is 0 Å². The van der Waals surface area contributed by atoms with E-state index in [4.69, 9.17) is 0 Å². The van der Waals surface area contributed by atoms with Gasteiger partial charge in [0.05, 0.1) is 10.9 Å². The Morgan fingerprint density at radius 3 is 2.60 bits per heavy atom. The Kier molecular flexibility index (Phi) is 4.92. The van der Waals surface area contributed by atoms with E-state index in [-0.39, 0.29) is 13.0 Å². The zero-order chi connectivity index (χ0) is 21.5. The van der Waals surface area contributed by atoms with Gasteiger partial charge in [0, 0.05) is 13.0 Å². The Labute approximate surface area is 171 Å². The van der Waals surface area contributed by atoms with E-state index in [9.17, 15) is 24.0 Å². The first kappa shape index (κ1) is 19.9. The van der Waals surface area contributed by atoms with Crippen molar-refractivity contribution >= 4 is 28.7 Å². The lowest BCUT2D eigenvalue weighted by Crippen LogP contribution is -2.51. The Bertz CT molecular complexity index is 1140. The summed E-state index contributed by atoms with van der Waals surface area (Å²) in [5.74, 6) is -0.532. The lowest BCUT2D eigenvalue weighted by atomic mass is 9.77. The predicted molar refractivity (Wildman–Crippen MR) is 107 cm³/mol. The average Bonchev–Trinajstić information content (AvgIpc) is 2.94. The van der Waals surface area contributed by atoms with Crippen LogP contribution in [0.25, 0.3) is 10.9 Å². The molecule has 1 saturated carbocycles. The molecule has 1 spiro atoms. The van der Waals surface area contributed by atoms with Gasteiger partial charge in [-0.2, -0.15) is 5.01 Å². The standard InChI is InChI=1S/C20H23N5O5/c1-12-6-9-20(10-7-12)17(28)25(19(30)22-20)23-15(26)8-11-24-14-5-3-2-4-13(14)16(27)21-18(24)29/h2-5,12H,6-11H2,1H3,(H,22,30)(H,23,26)(H,21,27,29). The Balaban J connectivity index is 1.46. The molecule has 0 atom stereocenters. The van der Waals surface area contributed by atoms with Crippen LogP contribution in [0.5, 0.6) is 0 Å². The van der Waals surface area contributed by atoms with Crippen LogP contribution in [0.4, 0.5) is 4.79 Å².